The minimum atomic E-state index is -0.751. The maximum atomic E-state index is 13.7. The summed E-state index contributed by atoms with van der Waals surface area (Å²) in [4.78, 5) is 16.9. The van der Waals surface area contributed by atoms with Gasteiger partial charge in [0, 0.05) is 10.9 Å². The Labute approximate surface area is 155 Å². The van der Waals surface area contributed by atoms with Crippen LogP contribution in [-0.2, 0) is 11.3 Å². The van der Waals surface area contributed by atoms with Crippen molar-refractivity contribution in [2.75, 3.05) is 0 Å². The standard InChI is InChI=1S/C20H19FN2O2S/c1-2-17(25-18-11-7-6-10-16(18)21)19(24)22-12-15-13-26-20(23-15)14-8-4-3-5-9-14/h3-11,13,17H,2,12H2,1H3,(H,22,24)/t17-/m1/s1. The van der Waals surface area contributed by atoms with Crippen LogP contribution >= 0.6 is 11.3 Å². The van der Waals surface area contributed by atoms with Crippen LogP contribution in [0.25, 0.3) is 10.6 Å². The van der Waals surface area contributed by atoms with Gasteiger partial charge < -0.3 is 10.1 Å². The molecule has 0 radical (unpaired) electrons. The Balaban J connectivity index is 1.59. The van der Waals surface area contributed by atoms with E-state index in [0.717, 1.165) is 16.3 Å². The van der Waals surface area contributed by atoms with E-state index in [1.165, 1.54) is 23.5 Å². The summed E-state index contributed by atoms with van der Waals surface area (Å²) in [6.07, 6.45) is -0.314. The van der Waals surface area contributed by atoms with E-state index in [-0.39, 0.29) is 11.7 Å². The SMILES string of the molecule is CC[C@@H](Oc1ccccc1F)C(=O)NCc1csc(-c2ccccc2)n1. The van der Waals surface area contributed by atoms with Crippen molar-refractivity contribution in [2.24, 2.45) is 0 Å². The van der Waals surface area contributed by atoms with Crippen LogP contribution in [0.4, 0.5) is 4.39 Å². The molecule has 0 aliphatic rings. The molecule has 134 valence electrons. The van der Waals surface area contributed by atoms with Crippen LogP contribution in [0, 0.1) is 5.82 Å². The van der Waals surface area contributed by atoms with Gasteiger partial charge in [-0.25, -0.2) is 9.37 Å². The molecule has 3 aromatic rings. The van der Waals surface area contributed by atoms with Gasteiger partial charge in [-0.1, -0.05) is 49.4 Å². The third kappa shape index (κ3) is 4.46. The lowest BCUT2D eigenvalue weighted by Crippen LogP contribution is -2.37. The monoisotopic (exact) mass is 370 g/mol. The molecule has 6 heteroatoms. The summed E-state index contributed by atoms with van der Waals surface area (Å²) in [7, 11) is 0. The maximum Gasteiger partial charge on any atom is 0.261 e. The van der Waals surface area contributed by atoms with Gasteiger partial charge in [-0.15, -0.1) is 11.3 Å². The van der Waals surface area contributed by atoms with Gasteiger partial charge in [-0.05, 0) is 18.6 Å². The predicted octanol–water partition coefficient (Wildman–Crippen LogP) is 4.42. The smallest absolute Gasteiger partial charge is 0.261 e. The summed E-state index contributed by atoms with van der Waals surface area (Å²) in [5, 5.41) is 5.64. The Hall–Kier alpha value is -2.73. The molecule has 0 aliphatic heterocycles. The van der Waals surface area contributed by atoms with Crippen molar-refractivity contribution in [3.63, 3.8) is 0 Å². The number of hydrogen-bond donors (Lipinski definition) is 1. The van der Waals surface area contributed by atoms with Gasteiger partial charge >= 0.3 is 0 Å². The number of aromatic nitrogens is 1. The van der Waals surface area contributed by atoms with Crippen LogP contribution < -0.4 is 10.1 Å². The van der Waals surface area contributed by atoms with Gasteiger partial charge in [-0.3, -0.25) is 4.79 Å². The van der Waals surface area contributed by atoms with Gasteiger partial charge in [0.2, 0.25) is 0 Å². The van der Waals surface area contributed by atoms with Gasteiger partial charge in [0.25, 0.3) is 5.91 Å². The molecule has 0 spiro atoms. The van der Waals surface area contributed by atoms with Gasteiger partial charge in [0.1, 0.15) is 5.01 Å². The lowest BCUT2D eigenvalue weighted by molar-refractivity contribution is -0.128. The quantitative estimate of drug-likeness (QED) is 0.670. The van der Waals surface area contributed by atoms with Crippen LogP contribution in [0.5, 0.6) is 5.75 Å². The number of hydrogen-bond acceptors (Lipinski definition) is 4. The number of carbonyl (C=O) groups excluding carboxylic acids is 1. The molecule has 2 aromatic carbocycles. The van der Waals surface area contributed by atoms with E-state index < -0.39 is 11.9 Å². The van der Waals surface area contributed by atoms with Gasteiger partial charge in [0.05, 0.1) is 12.2 Å². The third-order valence-electron chi connectivity index (χ3n) is 3.79. The topological polar surface area (TPSA) is 51.2 Å². The molecule has 1 amide bonds. The summed E-state index contributed by atoms with van der Waals surface area (Å²) in [5.74, 6) is -0.690. The first-order valence-electron chi connectivity index (χ1n) is 8.36. The Morgan fingerprint density at radius 3 is 2.65 bits per heavy atom. The number of para-hydroxylation sites is 1. The van der Waals surface area contributed by atoms with E-state index in [0.29, 0.717) is 13.0 Å². The molecular formula is C20H19FN2O2S. The summed E-state index contributed by atoms with van der Waals surface area (Å²) in [6, 6.07) is 15.9. The second-order valence-electron chi connectivity index (χ2n) is 5.67. The molecule has 3 rings (SSSR count). The first kappa shape index (κ1) is 18.1. The first-order valence-corrected chi connectivity index (χ1v) is 9.24. The zero-order valence-electron chi connectivity index (χ0n) is 14.3. The Kier molecular flexibility index (Phi) is 5.96. The summed E-state index contributed by atoms with van der Waals surface area (Å²) in [6.45, 7) is 2.13. The minimum absolute atomic E-state index is 0.0783. The lowest BCUT2D eigenvalue weighted by Gasteiger charge is -2.17. The predicted molar refractivity (Wildman–Crippen MR) is 101 cm³/mol. The van der Waals surface area contributed by atoms with Crippen molar-refractivity contribution in [2.45, 2.75) is 26.0 Å². The average Bonchev–Trinajstić information content (AvgIpc) is 3.15. The van der Waals surface area contributed by atoms with E-state index >= 15 is 0 Å². The molecule has 0 bridgehead atoms. The number of halogens is 1. The van der Waals surface area contributed by atoms with Crippen molar-refractivity contribution in [1.29, 1.82) is 0 Å². The molecule has 0 saturated carbocycles. The van der Waals surface area contributed by atoms with E-state index in [1.807, 2.05) is 42.6 Å². The van der Waals surface area contributed by atoms with Crippen LogP contribution in [0.2, 0.25) is 0 Å². The van der Waals surface area contributed by atoms with Crippen molar-refractivity contribution in [3.8, 4) is 16.3 Å². The van der Waals surface area contributed by atoms with E-state index in [1.54, 1.807) is 12.1 Å². The number of benzene rings is 2. The highest BCUT2D eigenvalue weighted by atomic mass is 32.1. The van der Waals surface area contributed by atoms with Crippen LogP contribution in [0.15, 0.2) is 60.0 Å². The fourth-order valence-electron chi connectivity index (χ4n) is 2.41. The summed E-state index contributed by atoms with van der Waals surface area (Å²) >= 11 is 1.53. The van der Waals surface area contributed by atoms with Crippen LogP contribution in [-0.4, -0.2) is 17.0 Å². The number of nitrogens with zero attached hydrogens (tertiary/aromatic N) is 1. The number of thiazole rings is 1. The number of ether oxygens (including phenoxy) is 1. The van der Waals surface area contributed by atoms with Crippen molar-refractivity contribution >= 4 is 17.2 Å². The Morgan fingerprint density at radius 1 is 1.19 bits per heavy atom. The highest BCUT2D eigenvalue weighted by Crippen LogP contribution is 2.23. The van der Waals surface area contributed by atoms with Gasteiger partial charge in [0.15, 0.2) is 17.7 Å². The molecule has 0 unspecified atom stereocenters. The average molecular weight is 370 g/mol. The summed E-state index contributed by atoms with van der Waals surface area (Å²) in [5.41, 5.74) is 1.83. The van der Waals surface area contributed by atoms with Crippen LogP contribution in [0.1, 0.15) is 19.0 Å². The fourth-order valence-corrected chi connectivity index (χ4v) is 3.23. The Morgan fingerprint density at radius 2 is 1.92 bits per heavy atom. The molecule has 1 atom stereocenters. The molecule has 26 heavy (non-hydrogen) atoms. The van der Waals surface area contributed by atoms with E-state index in [4.69, 9.17) is 4.74 Å². The Bertz CT molecular complexity index is 867. The first-order chi connectivity index (χ1) is 12.7. The molecule has 4 nitrogen and oxygen atoms in total. The molecule has 1 N–H and O–H groups in total. The number of rotatable bonds is 7. The van der Waals surface area contributed by atoms with Crippen molar-refractivity contribution < 1.29 is 13.9 Å². The molecule has 0 aliphatic carbocycles. The van der Waals surface area contributed by atoms with Crippen LogP contribution in [0.3, 0.4) is 0 Å². The molecular weight excluding hydrogens is 351 g/mol. The van der Waals surface area contributed by atoms with Gasteiger partial charge in [-0.2, -0.15) is 0 Å². The maximum absolute atomic E-state index is 13.7. The second kappa shape index (κ2) is 8.58. The van der Waals surface area contributed by atoms with E-state index in [9.17, 15) is 9.18 Å². The number of carbonyl (C=O) groups is 1. The highest BCUT2D eigenvalue weighted by Gasteiger charge is 2.19. The largest absolute Gasteiger partial charge is 0.478 e. The minimum Gasteiger partial charge on any atom is -0.478 e. The fraction of sp³-hybridized carbons (Fsp3) is 0.200. The normalized spacial score (nSPS) is 11.8. The highest BCUT2D eigenvalue weighted by molar-refractivity contribution is 7.13. The summed E-state index contributed by atoms with van der Waals surface area (Å²) < 4.78 is 19.2. The zero-order valence-corrected chi connectivity index (χ0v) is 15.1. The zero-order chi connectivity index (χ0) is 18.4. The number of amides is 1. The molecule has 1 heterocycles. The lowest BCUT2D eigenvalue weighted by atomic mass is 10.2. The molecule has 0 saturated heterocycles. The van der Waals surface area contributed by atoms with E-state index in [2.05, 4.69) is 10.3 Å². The molecule has 0 fully saturated rings. The second-order valence-corrected chi connectivity index (χ2v) is 6.53. The third-order valence-corrected chi connectivity index (χ3v) is 4.73. The number of nitrogens with one attached hydrogen (secondary N) is 1. The van der Waals surface area contributed by atoms with Crippen molar-refractivity contribution in [3.05, 3.63) is 71.5 Å². The van der Waals surface area contributed by atoms with Crippen molar-refractivity contribution in [1.82, 2.24) is 10.3 Å². The molecule has 1 aromatic heterocycles.